The topological polar surface area (TPSA) is 6.48 Å². The van der Waals surface area contributed by atoms with Crippen LogP contribution in [-0.4, -0.2) is 49.1 Å². The predicted octanol–water partition coefficient (Wildman–Crippen LogP) is 6.16. The molecule has 3 aliphatic rings. The van der Waals surface area contributed by atoms with Crippen molar-refractivity contribution in [3.05, 3.63) is 71.8 Å². The van der Waals surface area contributed by atoms with Gasteiger partial charge in [-0.3, -0.25) is 0 Å². The van der Waals surface area contributed by atoms with Gasteiger partial charge < -0.3 is 9.80 Å². The Morgan fingerprint density at radius 1 is 0.613 bits per heavy atom. The zero-order valence-electron chi connectivity index (χ0n) is 19.2. The first-order valence-electron chi connectivity index (χ1n) is 12.9. The lowest BCUT2D eigenvalue weighted by Gasteiger charge is -2.35. The predicted molar refractivity (Wildman–Crippen MR) is 131 cm³/mol. The molecule has 2 atom stereocenters. The molecule has 2 heteroatoms. The molecule has 0 radical (unpaired) electrons. The molecule has 1 aliphatic carbocycles. The van der Waals surface area contributed by atoms with Gasteiger partial charge in [0.15, 0.2) is 0 Å². The van der Waals surface area contributed by atoms with Crippen molar-refractivity contribution in [2.24, 2.45) is 11.8 Å². The van der Waals surface area contributed by atoms with Crippen LogP contribution in [0.25, 0.3) is 0 Å². The van der Waals surface area contributed by atoms with Gasteiger partial charge in [0.2, 0.25) is 0 Å². The second-order valence-electron chi connectivity index (χ2n) is 10.5. The van der Waals surface area contributed by atoms with E-state index in [1.807, 2.05) is 0 Å². The van der Waals surface area contributed by atoms with Crippen LogP contribution in [0, 0.1) is 11.8 Å². The monoisotopic (exact) mass is 416 g/mol. The maximum absolute atomic E-state index is 2.83. The highest BCUT2D eigenvalue weighted by atomic mass is 15.2. The number of hydrogen-bond acceptors (Lipinski definition) is 2. The van der Waals surface area contributed by atoms with Crippen LogP contribution in [0.4, 0.5) is 0 Å². The first-order valence-corrected chi connectivity index (χ1v) is 12.9. The number of likely N-dealkylation sites (tertiary alicyclic amines) is 2. The molecule has 1 saturated carbocycles. The Kier molecular flexibility index (Phi) is 7.06. The summed E-state index contributed by atoms with van der Waals surface area (Å²) in [7, 11) is 0. The number of benzene rings is 2. The molecule has 2 heterocycles. The molecule has 0 aromatic heterocycles. The van der Waals surface area contributed by atoms with Crippen molar-refractivity contribution in [1.29, 1.82) is 0 Å². The summed E-state index contributed by atoms with van der Waals surface area (Å²) in [6.07, 6.45) is 9.94. The normalized spacial score (nSPS) is 27.0. The molecule has 2 aromatic rings. The largest absolute Gasteiger partial charge is 0.303 e. The highest BCUT2D eigenvalue weighted by Gasteiger charge is 2.36. The number of nitrogens with zero attached hydrogens (tertiary/aromatic N) is 2. The minimum absolute atomic E-state index is 0.705. The quantitative estimate of drug-likeness (QED) is 0.556. The fraction of sp³-hybridized carbons (Fsp3) is 0.586. The molecule has 5 rings (SSSR count). The summed E-state index contributed by atoms with van der Waals surface area (Å²) in [5, 5.41) is 0. The molecular weight excluding hydrogens is 376 g/mol. The number of piperidine rings is 1. The number of rotatable bonds is 6. The van der Waals surface area contributed by atoms with Gasteiger partial charge in [-0.2, -0.15) is 0 Å². The van der Waals surface area contributed by atoms with Crippen molar-refractivity contribution in [3.63, 3.8) is 0 Å². The maximum Gasteiger partial charge on any atom is 0.00542 e. The standard InChI is InChI=1S/C29H40N2/c1-4-10-24(11-5-1)20-31-22-28(29(23-31)27-14-8-3-9-15-27)21-30-18-16-26(17-19-30)25-12-6-2-7-13-25/h2-3,6-9,12-15,24,26,28-29H,1,4-5,10-11,16-23H2/t28-,29+/m0/s1. The van der Waals surface area contributed by atoms with Gasteiger partial charge in [-0.15, -0.1) is 0 Å². The van der Waals surface area contributed by atoms with E-state index in [9.17, 15) is 0 Å². The number of hydrogen-bond donors (Lipinski definition) is 0. The van der Waals surface area contributed by atoms with Gasteiger partial charge in [0.1, 0.15) is 0 Å². The Morgan fingerprint density at radius 2 is 1.26 bits per heavy atom. The second-order valence-corrected chi connectivity index (χ2v) is 10.5. The highest BCUT2D eigenvalue weighted by Crippen LogP contribution is 2.36. The van der Waals surface area contributed by atoms with Gasteiger partial charge in [0, 0.05) is 32.1 Å². The third-order valence-corrected chi connectivity index (χ3v) is 8.34. The van der Waals surface area contributed by atoms with Crippen LogP contribution >= 0.6 is 0 Å². The Morgan fingerprint density at radius 3 is 1.94 bits per heavy atom. The van der Waals surface area contributed by atoms with Crippen molar-refractivity contribution >= 4 is 0 Å². The van der Waals surface area contributed by atoms with Crippen LogP contribution in [-0.2, 0) is 0 Å². The highest BCUT2D eigenvalue weighted by molar-refractivity contribution is 5.23. The van der Waals surface area contributed by atoms with Crippen LogP contribution in [0.1, 0.15) is 67.9 Å². The average molecular weight is 417 g/mol. The summed E-state index contributed by atoms with van der Waals surface area (Å²) in [4.78, 5) is 5.61. The Hall–Kier alpha value is -1.64. The SMILES string of the molecule is c1ccc(C2CCN(C[C@H]3CN(CC4CCCCC4)C[C@@H]3c3ccccc3)CC2)cc1. The van der Waals surface area contributed by atoms with Crippen molar-refractivity contribution < 1.29 is 0 Å². The molecule has 0 amide bonds. The molecule has 0 spiro atoms. The molecular formula is C29H40N2. The van der Waals surface area contributed by atoms with Gasteiger partial charge in [-0.1, -0.05) is 79.9 Å². The van der Waals surface area contributed by atoms with E-state index < -0.39 is 0 Å². The lowest BCUT2D eigenvalue weighted by atomic mass is 9.86. The van der Waals surface area contributed by atoms with Gasteiger partial charge >= 0.3 is 0 Å². The Labute approximate surface area is 189 Å². The first kappa shape index (κ1) is 21.2. The summed E-state index contributed by atoms with van der Waals surface area (Å²) < 4.78 is 0. The molecule has 0 bridgehead atoms. The van der Waals surface area contributed by atoms with Gasteiger partial charge in [-0.25, -0.2) is 0 Å². The third-order valence-electron chi connectivity index (χ3n) is 8.34. The van der Waals surface area contributed by atoms with E-state index in [0.717, 1.165) is 17.8 Å². The van der Waals surface area contributed by atoms with E-state index in [2.05, 4.69) is 70.5 Å². The van der Waals surface area contributed by atoms with E-state index in [4.69, 9.17) is 0 Å². The molecule has 2 nitrogen and oxygen atoms in total. The summed E-state index contributed by atoms with van der Waals surface area (Å²) in [5.41, 5.74) is 3.11. The van der Waals surface area contributed by atoms with Crippen molar-refractivity contribution in [3.8, 4) is 0 Å². The lowest BCUT2D eigenvalue weighted by Crippen LogP contribution is -2.38. The van der Waals surface area contributed by atoms with E-state index in [1.165, 1.54) is 84.2 Å². The zero-order chi connectivity index (χ0) is 20.9. The van der Waals surface area contributed by atoms with Crippen LogP contribution < -0.4 is 0 Å². The van der Waals surface area contributed by atoms with Crippen LogP contribution in [0.5, 0.6) is 0 Å². The van der Waals surface area contributed by atoms with Crippen LogP contribution in [0.3, 0.4) is 0 Å². The minimum Gasteiger partial charge on any atom is -0.303 e. The summed E-state index contributed by atoms with van der Waals surface area (Å²) in [5.74, 6) is 3.19. The summed E-state index contributed by atoms with van der Waals surface area (Å²) >= 11 is 0. The molecule has 0 N–H and O–H groups in total. The second kappa shape index (κ2) is 10.3. The average Bonchev–Trinajstić information content (AvgIpc) is 3.23. The van der Waals surface area contributed by atoms with Crippen molar-refractivity contribution in [1.82, 2.24) is 9.80 Å². The van der Waals surface area contributed by atoms with E-state index in [-0.39, 0.29) is 0 Å². The van der Waals surface area contributed by atoms with Crippen molar-refractivity contribution in [2.45, 2.75) is 56.8 Å². The van der Waals surface area contributed by atoms with E-state index in [1.54, 1.807) is 11.1 Å². The summed E-state index contributed by atoms with van der Waals surface area (Å²) in [6.45, 7) is 7.72. The van der Waals surface area contributed by atoms with Gasteiger partial charge in [0.05, 0.1) is 0 Å². The van der Waals surface area contributed by atoms with Crippen molar-refractivity contribution in [2.75, 3.05) is 39.3 Å². The smallest absolute Gasteiger partial charge is 0.00542 e. The Balaban J connectivity index is 1.21. The molecule has 31 heavy (non-hydrogen) atoms. The van der Waals surface area contributed by atoms with E-state index >= 15 is 0 Å². The van der Waals surface area contributed by atoms with E-state index in [0.29, 0.717) is 5.92 Å². The van der Waals surface area contributed by atoms with Crippen LogP contribution in [0.2, 0.25) is 0 Å². The maximum atomic E-state index is 2.83. The third kappa shape index (κ3) is 5.41. The first-order chi connectivity index (χ1) is 15.3. The molecule has 2 saturated heterocycles. The molecule has 2 aromatic carbocycles. The minimum atomic E-state index is 0.705. The Bertz CT molecular complexity index is 775. The fourth-order valence-corrected chi connectivity index (χ4v) is 6.61. The van der Waals surface area contributed by atoms with Gasteiger partial charge in [0.25, 0.3) is 0 Å². The summed E-state index contributed by atoms with van der Waals surface area (Å²) in [6, 6.07) is 22.6. The molecule has 0 unspecified atom stereocenters. The molecule has 166 valence electrons. The zero-order valence-corrected chi connectivity index (χ0v) is 19.2. The molecule has 3 fully saturated rings. The van der Waals surface area contributed by atoms with Gasteiger partial charge in [-0.05, 0) is 67.7 Å². The fourth-order valence-electron chi connectivity index (χ4n) is 6.61. The lowest BCUT2D eigenvalue weighted by molar-refractivity contribution is 0.173. The molecule has 2 aliphatic heterocycles. The van der Waals surface area contributed by atoms with Crippen LogP contribution in [0.15, 0.2) is 60.7 Å².